The molecule has 1 saturated heterocycles. The van der Waals surface area contributed by atoms with Crippen LogP contribution in [0.1, 0.15) is 78.5 Å². The Morgan fingerprint density at radius 3 is 2.00 bits per heavy atom. The number of phenols is 1. The molecule has 0 unspecified atom stereocenters. The van der Waals surface area contributed by atoms with E-state index in [1.807, 2.05) is 24.3 Å². The molecule has 1 fully saturated rings. The Bertz CT molecular complexity index is 990. The Balaban J connectivity index is 1.59. The van der Waals surface area contributed by atoms with Crippen LogP contribution in [-0.4, -0.2) is 24.2 Å². The molecular weight excluding hydrogens is 461 g/mol. The summed E-state index contributed by atoms with van der Waals surface area (Å²) in [5.41, 5.74) is 3.18. The normalized spacial score (nSPS) is 16.7. The molecule has 0 atom stereocenters. The number of carbonyl (C=O) groups excluding carboxylic acids is 1. The second kappa shape index (κ2) is 10.5. The highest BCUT2D eigenvalue weighted by molar-refractivity contribution is 7.42. The first kappa shape index (κ1) is 27.4. The van der Waals surface area contributed by atoms with Gasteiger partial charge in [-0.15, -0.1) is 0 Å². The zero-order valence-corrected chi connectivity index (χ0v) is 23.2. The lowest BCUT2D eigenvalue weighted by atomic mass is 9.78. The van der Waals surface area contributed by atoms with E-state index in [2.05, 4.69) is 60.7 Å². The topological polar surface area (TPSA) is 77.0 Å². The number of hydrogen-bond acceptors (Lipinski definition) is 5. The summed E-state index contributed by atoms with van der Waals surface area (Å²) in [4.78, 5) is 12.7. The number of nitrogens with one attached hydrogen (secondary N) is 1. The average molecular weight is 502 g/mol. The molecule has 0 radical (unpaired) electrons. The maximum Gasteiger partial charge on any atom is 0.397 e. The van der Waals surface area contributed by atoms with Gasteiger partial charge in [0.25, 0.3) is 0 Å². The summed E-state index contributed by atoms with van der Waals surface area (Å²) >= 11 is 0. The van der Waals surface area contributed by atoms with Gasteiger partial charge in [-0.1, -0.05) is 67.5 Å². The summed E-state index contributed by atoms with van der Waals surface area (Å²) in [6.07, 6.45) is 0.938. The Labute approximate surface area is 211 Å². The number of rotatable bonds is 6. The molecule has 1 aliphatic heterocycles. The Morgan fingerprint density at radius 2 is 1.51 bits per heavy atom. The number of benzene rings is 2. The summed E-state index contributed by atoms with van der Waals surface area (Å²) in [6, 6.07) is 11.3. The third kappa shape index (κ3) is 7.67. The number of phenolic OH excluding ortho intramolecular Hbond substituents is 1. The lowest BCUT2D eigenvalue weighted by Crippen LogP contribution is -2.28. The van der Waals surface area contributed by atoms with Crippen molar-refractivity contribution in [3.8, 4) is 11.5 Å². The first-order valence-corrected chi connectivity index (χ1v) is 13.2. The Morgan fingerprint density at radius 1 is 1.00 bits per heavy atom. The lowest BCUT2D eigenvalue weighted by Gasteiger charge is -2.32. The van der Waals surface area contributed by atoms with Gasteiger partial charge in [0, 0.05) is 17.5 Å². The molecule has 1 heterocycles. The fourth-order valence-electron chi connectivity index (χ4n) is 3.74. The van der Waals surface area contributed by atoms with Gasteiger partial charge >= 0.3 is 8.60 Å². The highest BCUT2D eigenvalue weighted by Gasteiger charge is 2.31. The van der Waals surface area contributed by atoms with E-state index in [0.29, 0.717) is 43.2 Å². The predicted molar refractivity (Wildman–Crippen MR) is 142 cm³/mol. The minimum atomic E-state index is -1.39. The maximum absolute atomic E-state index is 12.7. The number of hydrogen-bond donors (Lipinski definition) is 2. The van der Waals surface area contributed by atoms with Crippen molar-refractivity contribution < 1.29 is 23.5 Å². The van der Waals surface area contributed by atoms with Gasteiger partial charge in [0.2, 0.25) is 5.91 Å². The second-order valence-electron chi connectivity index (χ2n) is 12.1. The molecule has 192 valence electrons. The molecule has 3 rings (SSSR count). The average Bonchev–Trinajstić information content (AvgIpc) is 2.74. The van der Waals surface area contributed by atoms with Crippen molar-refractivity contribution in [2.24, 2.45) is 5.41 Å². The van der Waals surface area contributed by atoms with Crippen molar-refractivity contribution in [3.63, 3.8) is 0 Å². The smallest absolute Gasteiger partial charge is 0.397 e. The summed E-state index contributed by atoms with van der Waals surface area (Å²) in [6.45, 7) is 17.9. The predicted octanol–water partition coefficient (Wildman–Crippen LogP) is 7.24. The van der Waals surface area contributed by atoms with Gasteiger partial charge in [-0.05, 0) is 58.2 Å². The zero-order chi connectivity index (χ0) is 26.0. The molecule has 1 amide bonds. The largest absolute Gasteiger partial charge is 0.507 e. The van der Waals surface area contributed by atoms with Gasteiger partial charge in [-0.25, -0.2) is 0 Å². The van der Waals surface area contributed by atoms with E-state index in [4.69, 9.17) is 13.6 Å². The minimum absolute atomic E-state index is 0.000901. The second-order valence-corrected chi connectivity index (χ2v) is 13.3. The van der Waals surface area contributed by atoms with Crippen molar-refractivity contribution in [2.75, 3.05) is 18.5 Å². The van der Waals surface area contributed by atoms with Gasteiger partial charge in [-0.2, -0.15) is 0 Å². The van der Waals surface area contributed by atoms with E-state index in [1.165, 1.54) is 0 Å². The molecular formula is C28H40NO5P. The van der Waals surface area contributed by atoms with Gasteiger partial charge in [-0.3, -0.25) is 4.79 Å². The fourth-order valence-corrected chi connectivity index (χ4v) is 5.12. The summed E-state index contributed by atoms with van der Waals surface area (Å²) in [7, 11) is -1.39. The van der Waals surface area contributed by atoms with Crippen molar-refractivity contribution in [1.29, 1.82) is 0 Å². The maximum atomic E-state index is 12.7. The third-order valence-corrected chi connectivity index (χ3v) is 6.91. The molecule has 7 heteroatoms. The van der Waals surface area contributed by atoms with Crippen molar-refractivity contribution >= 4 is 20.2 Å². The quantitative estimate of drug-likeness (QED) is 0.408. The number of aromatic hydroxyl groups is 1. The molecule has 0 aliphatic carbocycles. The summed E-state index contributed by atoms with van der Waals surface area (Å²) in [5, 5.41) is 13.9. The number of aryl methyl sites for hydroxylation is 1. The molecule has 0 spiro atoms. The van der Waals surface area contributed by atoms with Crippen LogP contribution in [-0.2, 0) is 31.1 Å². The lowest BCUT2D eigenvalue weighted by molar-refractivity contribution is -0.116. The standard InChI is InChI=1S/C28H40NO5P/c1-26(2,3)22-15-19(16-23(25(22)31)27(4,5)6)9-14-24(30)29-20-10-12-21(13-11-20)34-35-32-17-28(7,8)18-33-35/h10-13,15-16,31H,9,14,17-18H2,1-8H3,(H,29,30). The zero-order valence-electron chi connectivity index (χ0n) is 22.3. The van der Waals surface area contributed by atoms with Crippen molar-refractivity contribution in [1.82, 2.24) is 0 Å². The van der Waals surface area contributed by atoms with Crippen LogP contribution in [0.3, 0.4) is 0 Å². The first-order valence-electron chi connectivity index (χ1n) is 12.1. The van der Waals surface area contributed by atoms with E-state index in [-0.39, 0.29) is 22.2 Å². The highest BCUT2D eigenvalue weighted by atomic mass is 31.2. The van der Waals surface area contributed by atoms with E-state index in [0.717, 1.165) is 16.7 Å². The van der Waals surface area contributed by atoms with Crippen molar-refractivity contribution in [3.05, 3.63) is 53.1 Å². The molecule has 6 nitrogen and oxygen atoms in total. The molecule has 35 heavy (non-hydrogen) atoms. The third-order valence-electron chi connectivity index (χ3n) is 5.87. The van der Waals surface area contributed by atoms with Gasteiger partial charge in [0.15, 0.2) is 0 Å². The van der Waals surface area contributed by atoms with E-state index in [9.17, 15) is 9.90 Å². The van der Waals surface area contributed by atoms with E-state index < -0.39 is 8.60 Å². The number of amides is 1. The number of anilines is 1. The van der Waals surface area contributed by atoms with Crippen LogP contribution < -0.4 is 9.84 Å². The molecule has 1 aliphatic rings. The van der Waals surface area contributed by atoms with Crippen LogP contribution in [0.2, 0.25) is 0 Å². The van der Waals surface area contributed by atoms with Crippen LogP contribution in [0.15, 0.2) is 36.4 Å². The molecule has 0 aromatic heterocycles. The number of carbonyl (C=O) groups is 1. The van der Waals surface area contributed by atoms with Crippen LogP contribution in [0.5, 0.6) is 11.5 Å². The summed E-state index contributed by atoms with van der Waals surface area (Å²) in [5.74, 6) is 0.934. The van der Waals surface area contributed by atoms with E-state index in [1.54, 1.807) is 12.1 Å². The van der Waals surface area contributed by atoms with Crippen molar-refractivity contribution in [2.45, 2.75) is 79.1 Å². The van der Waals surface area contributed by atoms with Gasteiger partial charge in [0.05, 0.1) is 13.2 Å². The molecule has 2 aromatic rings. The Hall–Kier alpha value is -2.14. The Kier molecular flexibility index (Phi) is 8.20. The van der Waals surface area contributed by atoms with Gasteiger partial charge in [0.1, 0.15) is 11.5 Å². The highest BCUT2D eigenvalue weighted by Crippen LogP contribution is 2.47. The van der Waals surface area contributed by atoms with Crippen LogP contribution >= 0.6 is 8.60 Å². The van der Waals surface area contributed by atoms with E-state index >= 15 is 0 Å². The fraction of sp³-hybridized carbons (Fsp3) is 0.536. The molecule has 2 N–H and O–H groups in total. The minimum Gasteiger partial charge on any atom is -0.507 e. The monoisotopic (exact) mass is 501 g/mol. The van der Waals surface area contributed by atoms with Crippen LogP contribution in [0, 0.1) is 5.41 Å². The first-order chi connectivity index (χ1) is 16.1. The molecule has 0 bridgehead atoms. The van der Waals surface area contributed by atoms with Crippen LogP contribution in [0.25, 0.3) is 0 Å². The summed E-state index contributed by atoms with van der Waals surface area (Å²) < 4.78 is 17.1. The van der Waals surface area contributed by atoms with Gasteiger partial charge < -0.3 is 24.0 Å². The molecule has 0 saturated carbocycles. The molecule has 2 aromatic carbocycles. The SMILES string of the molecule is CC1(C)COP(Oc2ccc(NC(=O)CCc3cc(C(C)(C)C)c(O)c(C(C)(C)C)c3)cc2)OC1. The van der Waals surface area contributed by atoms with Crippen LogP contribution in [0.4, 0.5) is 5.69 Å².